The number of rotatable bonds is 8. The number of benzene rings is 2. The zero-order valence-corrected chi connectivity index (χ0v) is 19.1. The van der Waals surface area contributed by atoms with Crippen LogP contribution in [0.5, 0.6) is 5.75 Å². The lowest BCUT2D eigenvalue weighted by Crippen LogP contribution is -2.14. The molecule has 2 aromatic carbocycles. The number of nitrogens with zero attached hydrogens (tertiary/aromatic N) is 1. The number of hydrogen-bond donors (Lipinski definition) is 1. The molecule has 1 heterocycles. The molecule has 0 aliphatic rings. The van der Waals surface area contributed by atoms with Gasteiger partial charge in [-0.05, 0) is 49.7 Å². The van der Waals surface area contributed by atoms with Crippen molar-refractivity contribution < 1.29 is 9.53 Å². The summed E-state index contributed by atoms with van der Waals surface area (Å²) in [4.78, 5) is 18.1. The Hall–Kier alpha value is -1.73. The lowest BCUT2D eigenvalue weighted by atomic mass is 10.1. The second kappa shape index (κ2) is 10.3. The summed E-state index contributed by atoms with van der Waals surface area (Å²) in [5, 5.41) is 4.24. The van der Waals surface area contributed by atoms with Crippen molar-refractivity contribution in [2.45, 2.75) is 24.6 Å². The van der Waals surface area contributed by atoms with Gasteiger partial charge in [0.15, 0.2) is 4.34 Å². The van der Waals surface area contributed by atoms with Crippen molar-refractivity contribution in [2.75, 3.05) is 17.7 Å². The molecule has 1 amide bonds. The molecule has 0 atom stereocenters. The molecule has 3 rings (SSSR count). The van der Waals surface area contributed by atoms with Crippen LogP contribution in [0.15, 0.2) is 46.8 Å². The minimum atomic E-state index is -0.102. The second-order valence-corrected chi connectivity index (χ2v) is 9.32. The normalized spacial score (nSPS) is 10.8. The van der Waals surface area contributed by atoms with E-state index >= 15 is 0 Å². The van der Waals surface area contributed by atoms with Gasteiger partial charge in [0.05, 0.1) is 23.7 Å². The molecular formula is C21H20Cl2N2O2S2. The molecule has 29 heavy (non-hydrogen) atoms. The highest BCUT2D eigenvalue weighted by molar-refractivity contribution is 8.01. The minimum absolute atomic E-state index is 0.102. The van der Waals surface area contributed by atoms with Gasteiger partial charge in [0.25, 0.3) is 0 Å². The van der Waals surface area contributed by atoms with Crippen molar-refractivity contribution in [2.24, 2.45) is 0 Å². The van der Waals surface area contributed by atoms with Crippen molar-refractivity contribution >= 4 is 57.9 Å². The summed E-state index contributed by atoms with van der Waals surface area (Å²) in [6.07, 6.45) is 0.664. The third-order valence-corrected chi connectivity index (χ3v) is 6.92. The minimum Gasteiger partial charge on any atom is -0.492 e. The zero-order valence-electron chi connectivity index (χ0n) is 16.0. The Bertz CT molecular complexity index is 1010. The first-order valence-corrected chi connectivity index (χ1v) is 11.6. The lowest BCUT2D eigenvalue weighted by Gasteiger charge is -2.10. The molecule has 8 heteroatoms. The average molecular weight is 467 g/mol. The van der Waals surface area contributed by atoms with E-state index in [4.69, 9.17) is 27.9 Å². The van der Waals surface area contributed by atoms with E-state index in [-0.39, 0.29) is 11.7 Å². The number of carbonyl (C=O) groups is 1. The van der Waals surface area contributed by atoms with Crippen molar-refractivity contribution in [3.05, 3.63) is 68.6 Å². The molecule has 3 aromatic rings. The van der Waals surface area contributed by atoms with Crippen molar-refractivity contribution in [3.8, 4) is 5.75 Å². The molecule has 1 aromatic heterocycles. The standard InChI is InChI=1S/C21H20Cl2N2O2S2/c1-3-27-18-7-5-4-6-17(18)25-20(26)12-28-21-24-13(2)19(29-21)11-14-10-15(22)8-9-16(14)23/h4-10H,3,11-12H2,1-2H3,(H,25,26). The van der Waals surface area contributed by atoms with Crippen LogP contribution in [0, 0.1) is 6.92 Å². The van der Waals surface area contributed by atoms with E-state index in [2.05, 4.69) is 10.3 Å². The number of para-hydroxylation sites is 2. The molecule has 152 valence electrons. The van der Waals surface area contributed by atoms with Gasteiger partial charge < -0.3 is 10.1 Å². The van der Waals surface area contributed by atoms with E-state index in [1.165, 1.54) is 11.8 Å². The fraction of sp³-hybridized carbons (Fsp3) is 0.238. The summed E-state index contributed by atoms with van der Waals surface area (Å²) < 4.78 is 6.39. The van der Waals surface area contributed by atoms with Gasteiger partial charge in [0.2, 0.25) is 5.91 Å². The monoisotopic (exact) mass is 466 g/mol. The molecule has 0 saturated carbocycles. The number of halogens is 2. The van der Waals surface area contributed by atoms with Crippen LogP contribution >= 0.6 is 46.3 Å². The third kappa shape index (κ3) is 6.12. The van der Waals surface area contributed by atoms with Crippen molar-refractivity contribution in [3.63, 3.8) is 0 Å². The van der Waals surface area contributed by atoms with E-state index in [1.807, 2.05) is 44.2 Å². The number of amides is 1. The zero-order chi connectivity index (χ0) is 20.8. The Morgan fingerprint density at radius 1 is 1.24 bits per heavy atom. The van der Waals surface area contributed by atoms with Crippen molar-refractivity contribution in [1.29, 1.82) is 0 Å². The number of nitrogens with one attached hydrogen (secondary N) is 1. The van der Waals surface area contributed by atoms with E-state index in [9.17, 15) is 4.79 Å². The summed E-state index contributed by atoms with van der Waals surface area (Å²) in [6, 6.07) is 12.9. The predicted octanol–water partition coefficient (Wildman–Crippen LogP) is 6.48. The molecular weight excluding hydrogens is 447 g/mol. The highest BCUT2D eigenvalue weighted by Gasteiger charge is 2.13. The first-order valence-electron chi connectivity index (χ1n) is 9.01. The topological polar surface area (TPSA) is 51.2 Å². The average Bonchev–Trinajstić information content (AvgIpc) is 3.04. The number of carbonyl (C=O) groups excluding carboxylic acids is 1. The molecule has 0 saturated heterocycles. The van der Waals surface area contributed by atoms with Gasteiger partial charge in [-0.15, -0.1) is 11.3 Å². The number of thiazole rings is 1. The van der Waals surface area contributed by atoms with Crippen LogP contribution in [0.25, 0.3) is 0 Å². The molecule has 0 bridgehead atoms. The number of aromatic nitrogens is 1. The lowest BCUT2D eigenvalue weighted by molar-refractivity contribution is -0.113. The Morgan fingerprint density at radius 3 is 2.83 bits per heavy atom. The van der Waals surface area contributed by atoms with E-state index in [0.717, 1.165) is 20.5 Å². The Balaban J connectivity index is 1.61. The number of aryl methyl sites for hydroxylation is 1. The molecule has 0 unspecified atom stereocenters. The number of anilines is 1. The maximum atomic E-state index is 12.4. The SMILES string of the molecule is CCOc1ccccc1NC(=O)CSc1nc(C)c(Cc2cc(Cl)ccc2Cl)s1. The first-order chi connectivity index (χ1) is 14.0. The third-order valence-electron chi connectivity index (χ3n) is 4.02. The molecule has 0 aliphatic heterocycles. The molecule has 4 nitrogen and oxygen atoms in total. The van der Waals surface area contributed by atoms with E-state index in [1.54, 1.807) is 23.5 Å². The molecule has 0 aliphatic carbocycles. The van der Waals surface area contributed by atoms with Crippen LogP contribution in [0.2, 0.25) is 10.0 Å². The molecule has 0 radical (unpaired) electrons. The maximum Gasteiger partial charge on any atom is 0.234 e. The Labute approximate surface area is 188 Å². The van der Waals surface area contributed by atoms with Crippen LogP contribution in [-0.2, 0) is 11.2 Å². The molecule has 1 N–H and O–H groups in total. The highest BCUT2D eigenvalue weighted by Crippen LogP contribution is 2.32. The Kier molecular flexibility index (Phi) is 7.84. The fourth-order valence-electron chi connectivity index (χ4n) is 2.64. The van der Waals surface area contributed by atoms with Gasteiger partial charge in [0, 0.05) is 21.3 Å². The number of ether oxygens (including phenoxy) is 1. The van der Waals surface area contributed by atoms with Gasteiger partial charge in [-0.2, -0.15) is 0 Å². The van der Waals surface area contributed by atoms with Gasteiger partial charge in [-0.1, -0.05) is 47.1 Å². The molecule has 0 fully saturated rings. The summed E-state index contributed by atoms with van der Waals surface area (Å²) in [6.45, 7) is 4.42. The van der Waals surface area contributed by atoms with E-state index in [0.29, 0.717) is 34.5 Å². The second-order valence-electron chi connectivity index (χ2n) is 6.17. The van der Waals surface area contributed by atoms with Gasteiger partial charge in [-0.25, -0.2) is 4.98 Å². The molecule has 0 spiro atoms. The van der Waals surface area contributed by atoms with Crippen LogP contribution in [0.1, 0.15) is 23.1 Å². The van der Waals surface area contributed by atoms with Crippen LogP contribution in [0.3, 0.4) is 0 Å². The van der Waals surface area contributed by atoms with Gasteiger partial charge in [-0.3, -0.25) is 4.79 Å². The fourth-order valence-corrected chi connectivity index (χ4v) is 5.08. The van der Waals surface area contributed by atoms with Crippen LogP contribution in [-0.4, -0.2) is 23.3 Å². The van der Waals surface area contributed by atoms with Crippen LogP contribution < -0.4 is 10.1 Å². The van der Waals surface area contributed by atoms with Crippen molar-refractivity contribution in [1.82, 2.24) is 4.98 Å². The summed E-state index contributed by atoms with van der Waals surface area (Å²) in [5.74, 6) is 0.832. The number of thioether (sulfide) groups is 1. The predicted molar refractivity (Wildman–Crippen MR) is 123 cm³/mol. The largest absolute Gasteiger partial charge is 0.492 e. The first kappa shape index (κ1) is 22.0. The van der Waals surface area contributed by atoms with Gasteiger partial charge >= 0.3 is 0 Å². The summed E-state index contributed by atoms with van der Waals surface area (Å²) >= 11 is 15.3. The summed E-state index contributed by atoms with van der Waals surface area (Å²) in [5.41, 5.74) is 2.58. The maximum absolute atomic E-state index is 12.4. The van der Waals surface area contributed by atoms with E-state index < -0.39 is 0 Å². The number of hydrogen-bond acceptors (Lipinski definition) is 5. The smallest absolute Gasteiger partial charge is 0.234 e. The van der Waals surface area contributed by atoms with Crippen LogP contribution in [0.4, 0.5) is 5.69 Å². The highest BCUT2D eigenvalue weighted by atomic mass is 35.5. The Morgan fingerprint density at radius 2 is 2.03 bits per heavy atom. The summed E-state index contributed by atoms with van der Waals surface area (Å²) in [7, 11) is 0. The quantitative estimate of drug-likeness (QED) is 0.386. The van der Waals surface area contributed by atoms with Gasteiger partial charge in [0.1, 0.15) is 5.75 Å².